The van der Waals surface area contributed by atoms with Crippen molar-refractivity contribution in [2.24, 2.45) is 11.7 Å². The van der Waals surface area contributed by atoms with Crippen molar-refractivity contribution in [3.8, 4) is 0 Å². The molecule has 2 aliphatic carbocycles. The number of carbonyl (C=O) groups excluding carboxylic acids is 2. The van der Waals surface area contributed by atoms with Gasteiger partial charge in [0.15, 0.2) is 0 Å². The van der Waals surface area contributed by atoms with Crippen molar-refractivity contribution in [2.75, 3.05) is 5.32 Å². The van der Waals surface area contributed by atoms with Gasteiger partial charge in [0.2, 0.25) is 0 Å². The fraction of sp³-hybridized carbons (Fsp3) is 0.474. The maximum Gasteiger partial charge on any atom is 0.420 e. The Balaban J connectivity index is 1.74. The summed E-state index contributed by atoms with van der Waals surface area (Å²) in [6.45, 7) is -0.506. The zero-order valence-electron chi connectivity index (χ0n) is 16.0. The van der Waals surface area contributed by atoms with Gasteiger partial charge < -0.3 is 11.1 Å². The lowest BCUT2D eigenvalue weighted by atomic mass is 9.81. The molecule has 0 bridgehead atoms. The van der Waals surface area contributed by atoms with E-state index in [4.69, 9.17) is 5.73 Å². The molecule has 2 amide bonds. The van der Waals surface area contributed by atoms with Crippen LogP contribution in [0.25, 0.3) is 0 Å². The largest absolute Gasteiger partial charge is 0.420 e. The zero-order chi connectivity index (χ0) is 22.6. The molecule has 0 unspecified atom stereocenters. The second kappa shape index (κ2) is 7.27. The number of aromatic nitrogens is 3. The third kappa shape index (κ3) is 4.10. The summed E-state index contributed by atoms with van der Waals surface area (Å²) in [5.74, 6) is -6.74. The molecule has 166 valence electrons. The van der Waals surface area contributed by atoms with Gasteiger partial charge in [0.05, 0.1) is 12.2 Å². The van der Waals surface area contributed by atoms with Crippen LogP contribution in [0.3, 0.4) is 0 Å². The van der Waals surface area contributed by atoms with E-state index in [2.05, 4.69) is 15.4 Å². The number of halogens is 5. The number of hydrogen-bond acceptors (Lipinski definition) is 4. The van der Waals surface area contributed by atoms with Gasteiger partial charge in [-0.1, -0.05) is 0 Å². The third-order valence-electron chi connectivity index (χ3n) is 5.53. The highest BCUT2D eigenvalue weighted by Gasteiger charge is 2.50. The van der Waals surface area contributed by atoms with E-state index in [1.807, 2.05) is 0 Å². The molecule has 0 saturated heterocycles. The van der Waals surface area contributed by atoms with Crippen molar-refractivity contribution < 1.29 is 31.5 Å². The van der Waals surface area contributed by atoms with Crippen LogP contribution in [0.4, 0.5) is 27.6 Å². The monoisotopic (exact) mass is 443 g/mol. The Hall–Kier alpha value is -3.05. The summed E-state index contributed by atoms with van der Waals surface area (Å²) in [5, 5.41) is 6.22. The highest BCUT2D eigenvalue weighted by molar-refractivity contribution is 6.05. The van der Waals surface area contributed by atoms with Crippen molar-refractivity contribution in [3.63, 3.8) is 0 Å². The number of nitrogens with one attached hydrogen (secondary N) is 1. The number of alkyl halides is 5. The van der Waals surface area contributed by atoms with E-state index in [-0.39, 0.29) is 29.9 Å². The molecule has 31 heavy (non-hydrogen) atoms. The van der Waals surface area contributed by atoms with Crippen molar-refractivity contribution in [1.82, 2.24) is 14.8 Å². The minimum atomic E-state index is -4.90. The standard InChI is InChI=1S/C19H18F5N5O2/c20-18(21)5-3-10(18)8-29-15(13(19(22,23)24)14(28-29)9-1-2-9)17(31)27-11-4-6-26-12(7-11)16(25)30/h4,6-7,9-10H,1-3,5,8H2,(H2,25,30)(H,26,27,31)/t10-/m0/s1. The molecule has 0 spiro atoms. The number of carbonyl (C=O) groups is 2. The van der Waals surface area contributed by atoms with Crippen molar-refractivity contribution in [1.29, 1.82) is 0 Å². The number of amides is 2. The van der Waals surface area contributed by atoms with Crippen molar-refractivity contribution in [3.05, 3.63) is 41.0 Å². The predicted molar refractivity (Wildman–Crippen MR) is 97.6 cm³/mol. The van der Waals surface area contributed by atoms with Crippen LogP contribution in [-0.2, 0) is 12.7 Å². The minimum Gasteiger partial charge on any atom is -0.364 e. The second-order valence-electron chi connectivity index (χ2n) is 7.81. The summed E-state index contributed by atoms with van der Waals surface area (Å²) in [5.41, 5.74) is 2.58. The summed E-state index contributed by atoms with van der Waals surface area (Å²) in [6, 6.07) is 2.37. The highest BCUT2D eigenvalue weighted by atomic mass is 19.4. The Kier molecular flexibility index (Phi) is 4.97. The van der Waals surface area contributed by atoms with Gasteiger partial charge in [0.1, 0.15) is 17.0 Å². The van der Waals surface area contributed by atoms with E-state index >= 15 is 0 Å². The number of primary amides is 1. The molecule has 0 aliphatic heterocycles. The van der Waals surface area contributed by atoms with Crippen molar-refractivity contribution in [2.45, 2.75) is 50.2 Å². The van der Waals surface area contributed by atoms with Gasteiger partial charge in [0.25, 0.3) is 17.7 Å². The lowest BCUT2D eigenvalue weighted by Crippen LogP contribution is -2.42. The van der Waals surface area contributed by atoms with Crippen LogP contribution in [0.1, 0.15) is 63.8 Å². The number of rotatable bonds is 6. The molecule has 0 radical (unpaired) electrons. The first-order valence-electron chi connectivity index (χ1n) is 9.60. The second-order valence-corrected chi connectivity index (χ2v) is 7.81. The molecule has 0 aromatic carbocycles. The minimum absolute atomic E-state index is 0.0170. The maximum absolute atomic E-state index is 13.9. The van der Waals surface area contributed by atoms with E-state index in [9.17, 15) is 31.5 Å². The molecular formula is C19H18F5N5O2. The highest BCUT2D eigenvalue weighted by Crippen LogP contribution is 2.48. The number of nitrogens with two attached hydrogens (primary N) is 1. The molecule has 2 saturated carbocycles. The summed E-state index contributed by atoms with van der Waals surface area (Å²) in [6.07, 6.45) is -3.01. The smallest absolute Gasteiger partial charge is 0.364 e. The fourth-order valence-electron chi connectivity index (χ4n) is 3.60. The lowest BCUT2D eigenvalue weighted by Gasteiger charge is -2.36. The molecule has 4 rings (SSSR count). The van der Waals surface area contributed by atoms with E-state index in [0.717, 1.165) is 16.9 Å². The zero-order valence-corrected chi connectivity index (χ0v) is 16.0. The molecule has 2 aliphatic rings. The van der Waals surface area contributed by atoms with E-state index < -0.39 is 53.6 Å². The van der Waals surface area contributed by atoms with Crippen LogP contribution in [-0.4, -0.2) is 32.5 Å². The number of pyridine rings is 1. The summed E-state index contributed by atoms with van der Waals surface area (Å²) in [4.78, 5) is 27.9. The van der Waals surface area contributed by atoms with Gasteiger partial charge in [0, 0.05) is 30.1 Å². The Bertz CT molecular complexity index is 1040. The maximum atomic E-state index is 13.9. The fourth-order valence-corrected chi connectivity index (χ4v) is 3.60. The molecule has 2 heterocycles. The van der Waals surface area contributed by atoms with Crippen molar-refractivity contribution >= 4 is 17.5 Å². The van der Waals surface area contributed by atoms with E-state index in [0.29, 0.717) is 12.8 Å². The average molecular weight is 443 g/mol. The number of nitrogens with zero attached hydrogens (tertiary/aromatic N) is 3. The summed E-state index contributed by atoms with van der Waals surface area (Å²) >= 11 is 0. The third-order valence-corrected chi connectivity index (χ3v) is 5.53. The Labute approximate surface area is 172 Å². The molecule has 2 aromatic rings. The molecule has 2 fully saturated rings. The molecule has 12 heteroatoms. The van der Waals surface area contributed by atoms with Crippen LogP contribution >= 0.6 is 0 Å². The van der Waals surface area contributed by atoms with Gasteiger partial charge in [-0.25, -0.2) is 8.78 Å². The van der Waals surface area contributed by atoms with Crippen LogP contribution in [0.5, 0.6) is 0 Å². The quantitative estimate of drug-likeness (QED) is 0.667. The van der Waals surface area contributed by atoms with Gasteiger partial charge in [-0.05, 0) is 31.4 Å². The van der Waals surface area contributed by atoms with E-state index in [1.54, 1.807) is 0 Å². The van der Waals surface area contributed by atoms with Crippen LogP contribution in [0, 0.1) is 5.92 Å². The van der Waals surface area contributed by atoms with E-state index in [1.165, 1.54) is 6.07 Å². The summed E-state index contributed by atoms with van der Waals surface area (Å²) in [7, 11) is 0. The van der Waals surface area contributed by atoms with Crippen LogP contribution in [0.15, 0.2) is 18.3 Å². The van der Waals surface area contributed by atoms with Gasteiger partial charge in [-0.15, -0.1) is 0 Å². The SMILES string of the molecule is NC(=O)c1cc(NC(=O)c2c(C(F)(F)F)c(C3CC3)nn2C[C@@H]2CCC2(F)F)ccn1. The van der Waals surface area contributed by atoms with Crippen LogP contribution < -0.4 is 11.1 Å². The number of hydrogen-bond donors (Lipinski definition) is 2. The Morgan fingerprint density at radius 2 is 1.97 bits per heavy atom. The Morgan fingerprint density at radius 1 is 1.26 bits per heavy atom. The Morgan fingerprint density at radius 3 is 2.48 bits per heavy atom. The van der Waals surface area contributed by atoms with Gasteiger partial charge >= 0.3 is 6.18 Å². The normalized spacial score (nSPS) is 20.2. The summed E-state index contributed by atoms with van der Waals surface area (Å²) < 4.78 is 70.1. The van der Waals surface area contributed by atoms with Gasteiger partial charge in [-0.2, -0.15) is 18.3 Å². The molecule has 7 nitrogen and oxygen atoms in total. The topological polar surface area (TPSA) is 103 Å². The first kappa shape index (κ1) is 21.2. The first-order valence-corrected chi connectivity index (χ1v) is 9.60. The predicted octanol–water partition coefficient (Wildman–Crippen LogP) is 3.57. The molecule has 1 atom stereocenters. The van der Waals surface area contributed by atoms with Gasteiger partial charge in [-0.3, -0.25) is 19.3 Å². The average Bonchev–Trinajstić information content (AvgIpc) is 3.44. The number of anilines is 1. The van der Waals surface area contributed by atoms with Crippen LogP contribution in [0.2, 0.25) is 0 Å². The first-order chi connectivity index (χ1) is 14.5. The molecule has 2 aromatic heterocycles. The lowest BCUT2D eigenvalue weighted by molar-refractivity contribution is -0.140. The molecular weight excluding hydrogens is 425 g/mol. The molecule has 3 N–H and O–H groups in total.